The molecule has 8 heteroatoms. The van der Waals surface area contributed by atoms with E-state index in [9.17, 15) is 14.9 Å². The number of anilines is 1. The van der Waals surface area contributed by atoms with Crippen molar-refractivity contribution in [3.05, 3.63) is 50.5 Å². The Morgan fingerprint density at radius 3 is 2.95 bits per heavy atom. The second kappa shape index (κ2) is 5.44. The predicted octanol–water partition coefficient (Wildman–Crippen LogP) is 1.56. The summed E-state index contributed by atoms with van der Waals surface area (Å²) in [6.45, 7) is 0.217. The molecule has 2 aromatic rings. The lowest BCUT2D eigenvalue weighted by atomic mass is 10.1. The van der Waals surface area contributed by atoms with Crippen LogP contribution in [-0.4, -0.2) is 15.8 Å². The van der Waals surface area contributed by atoms with E-state index in [1.165, 1.54) is 29.5 Å². The number of rotatable bonds is 4. The number of amides is 1. The maximum Gasteiger partial charge on any atom is 0.282 e. The first-order chi connectivity index (χ1) is 9.08. The zero-order valence-corrected chi connectivity index (χ0v) is 10.5. The van der Waals surface area contributed by atoms with Gasteiger partial charge in [-0.3, -0.25) is 14.9 Å². The minimum absolute atomic E-state index is 0.0553. The molecule has 0 aliphatic heterocycles. The van der Waals surface area contributed by atoms with Crippen molar-refractivity contribution in [2.45, 2.75) is 6.54 Å². The van der Waals surface area contributed by atoms with Gasteiger partial charge in [-0.2, -0.15) is 0 Å². The Kier molecular flexibility index (Phi) is 3.71. The van der Waals surface area contributed by atoms with Gasteiger partial charge in [-0.05, 0) is 12.1 Å². The number of nitrogens with one attached hydrogen (secondary N) is 1. The molecule has 0 aliphatic rings. The van der Waals surface area contributed by atoms with E-state index in [1.54, 1.807) is 10.9 Å². The highest BCUT2D eigenvalue weighted by Crippen LogP contribution is 2.21. The summed E-state index contributed by atoms with van der Waals surface area (Å²) in [7, 11) is 0. The molecule has 0 saturated heterocycles. The number of hydrogen-bond acceptors (Lipinski definition) is 6. The summed E-state index contributed by atoms with van der Waals surface area (Å²) in [5.74, 6) is -0.549. The fraction of sp³-hybridized carbons (Fsp3) is 0.0909. The fourth-order valence-corrected chi connectivity index (χ4v) is 2.04. The summed E-state index contributed by atoms with van der Waals surface area (Å²) >= 11 is 1.41. The summed E-state index contributed by atoms with van der Waals surface area (Å²) in [5.41, 5.74) is 7.85. The molecule has 0 unspecified atom stereocenters. The largest absolute Gasteiger partial charge is 0.399 e. The van der Waals surface area contributed by atoms with E-state index in [4.69, 9.17) is 5.73 Å². The average Bonchev–Trinajstić information content (AvgIpc) is 2.88. The third-order valence-corrected chi connectivity index (χ3v) is 3.01. The Morgan fingerprint density at radius 2 is 2.32 bits per heavy atom. The molecule has 0 atom stereocenters. The molecule has 3 N–H and O–H groups in total. The first-order valence-electron chi connectivity index (χ1n) is 5.27. The highest BCUT2D eigenvalue weighted by atomic mass is 32.1. The normalized spacial score (nSPS) is 10.1. The molecule has 1 aromatic carbocycles. The Labute approximate surface area is 112 Å². The maximum atomic E-state index is 11.9. The van der Waals surface area contributed by atoms with E-state index in [0.29, 0.717) is 11.4 Å². The minimum Gasteiger partial charge on any atom is -0.399 e. The number of benzene rings is 1. The number of aromatic nitrogens is 1. The van der Waals surface area contributed by atoms with Crippen LogP contribution in [0.25, 0.3) is 0 Å². The van der Waals surface area contributed by atoms with Crippen LogP contribution >= 0.6 is 11.3 Å². The molecule has 1 amide bonds. The van der Waals surface area contributed by atoms with Gasteiger partial charge in [-0.25, -0.2) is 4.98 Å². The lowest BCUT2D eigenvalue weighted by molar-refractivity contribution is -0.385. The molecule has 1 aromatic heterocycles. The van der Waals surface area contributed by atoms with Crippen LogP contribution in [0.5, 0.6) is 0 Å². The number of nitro groups is 1. The van der Waals surface area contributed by atoms with Crippen LogP contribution in [0.15, 0.2) is 29.1 Å². The Morgan fingerprint density at radius 1 is 1.53 bits per heavy atom. The minimum atomic E-state index is -0.614. The molecular formula is C11H10N4O3S. The molecule has 0 aliphatic carbocycles. The van der Waals surface area contributed by atoms with Crippen LogP contribution in [0.2, 0.25) is 0 Å². The van der Waals surface area contributed by atoms with Crippen LogP contribution in [0.1, 0.15) is 16.1 Å². The van der Waals surface area contributed by atoms with Gasteiger partial charge in [0, 0.05) is 17.1 Å². The molecule has 98 valence electrons. The quantitative estimate of drug-likeness (QED) is 0.501. The van der Waals surface area contributed by atoms with Crippen LogP contribution < -0.4 is 11.1 Å². The van der Waals surface area contributed by atoms with Crippen LogP contribution in [0.3, 0.4) is 0 Å². The lowest BCUT2D eigenvalue weighted by Gasteiger charge is -2.05. The van der Waals surface area contributed by atoms with Gasteiger partial charge in [0.15, 0.2) is 0 Å². The number of hydrogen-bond donors (Lipinski definition) is 2. The number of carbonyl (C=O) groups excluding carboxylic acids is 1. The van der Waals surface area contributed by atoms with Gasteiger partial charge in [0.05, 0.1) is 22.7 Å². The smallest absolute Gasteiger partial charge is 0.282 e. The predicted molar refractivity (Wildman–Crippen MR) is 70.8 cm³/mol. The van der Waals surface area contributed by atoms with Crippen molar-refractivity contribution in [2.75, 3.05) is 5.73 Å². The molecule has 19 heavy (non-hydrogen) atoms. The molecule has 2 rings (SSSR count). The number of nitrogen functional groups attached to an aromatic ring is 1. The van der Waals surface area contributed by atoms with Gasteiger partial charge in [-0.15, -0.1) is 11.3 Å². The molecule has 0 saturated carbocycles. The highest BCUT2D eigenvalue weighted by Gasteiger charge is 2.20. The van der Waals surface area contributed by atoms with Gasteiger partial charge < -0.3 is 11.1 Å². The summed E-state index contributed by atoms with van der Waals surface area (Å²) in [6.07, 6.45) is 0. The molecule has 1 heterocycles. The summed E-state index contributed by atoms with van der Waals surface area (Å²) in [6, 6.07) is 3.89. The van der Waals surface area contributed by atoms with Gasteiger partial charge in [-0.1, -0.05) is 0 Å². The summed E-state index contributed by atoms with van der Waals surface area (Å²) in [4.78, 5) is 26.2. The molecular weight excluding hydrogens is 268 g/mol. The number of nitrogens with two attached hydrogens (primary N) is 1. The number of thiazole rings is 1. The molecule has 0 fully saturated rings. The lowest BCUT2D eigenvalue weighted by Crippen LogP contribution is -2.24. The first-order valence-corrected chi connectivity index (χ1v) is 6.21. The van der Waals surface area contributed by atoms with E-state index >= 15 is 0 Å². The number of carbonyl (C=O) groups is 1. The number of nitro benzene ring substituents is 1. The van der Waals surface area contributed by atoms with Crippen molar-refractivity contribution in [3.63, 3.8) is 0 Å². The third-order valence-electron chi connectivity index (χ3n) is 2.38. The summed E-state index contributed by atoms with van der Waals surface area (Å²) in [5, 5.41) is 15.2. The maximum absolute atomic E-state index is 11.9. The van der Waals surface area contributed by atoms with Crippen molar-refractivity contribution < 1.29 is 9.72 Å². The summed E-state index contributed by atoms with van der Waals surface area (Å²) < 4.78 is 0. The zero-order valence-electron chi connectivity index (χ0n) is 9.70. The van der Waals surface area contributed by atoms with E-state index in [2.05, 4.69) is 10.3 Å². The molecule has 0 spiro atoms. The van der Waals surface area contributed by atoms with Gasteiger partial charge >= 0.3 is 0 Å². The van der Waals surface area contributed by atoms with Crippen molar-refractivity contribution in [2.24, 2.45) is 0 Å². The van der Waals surface area contributed by atoms with E-state index in [0.717, 1.165) is 0 Å². The Bertz CT molecular complexity index is 612. The molecule has 0 radical (unpaired) electrons. The first kappa shape index (κ1) is 13.0. The topological polar surface area (TPSA) is 111 Å². The highest BCUT2D eigenvalue weighted by molar-refractivity contribution is 7.07. The van der Waals surface area contributed by atoms with Crippen molar-refractivity contribution >= 4 is 28.6 Å². The third kappa shape index (κ3) is 3.05. The molecule has 0 bridgehead atoms. The Balaban J connectivity index is 2.18. The monoisotopic (exact) mass is 278 g/mol. The van der Waals surface area contributed by atoms with Gasteiger partial charge in [0.2, 0.25) is 0 Å². The zero-order chi connectivity index (χ0) is 13.8. The van der Waals surface area contributed by atoms with Gasteiger partial charge in [0.1, 0.15) is 5.56 Å². The van der Waals surface area contributed by atoms with E-state index in [-0.39, 0.29) is 17.8 Å². The Hall–Kier alpha value is -2.48. The second-order valence-corrected chi connectivity index (χ2v) is 4.41. The second-order valence-electron chi connectivity index (χ2n) is 3.70. The van der Waals surface area contributed by atoms with E-state index < -0.39 is 10.8 Å². The van der Waals surface area contributed by atoms with Crippen molar-refractivity contribution in [1.29, 1.82) is 0 Å². The average molecular weight is 278 g/mol. The van der Waals surface area contributed by atoms with Crippen molar-refractivity contribution in [1.82, 2.24) is 10.3 Å². The van der Waals surface area contributed by atoms with E-state index in [1.807, 2.05) is 0 Å². The standard InChI is InChI=1S/C11H10N4O3S/c12-7-1-2-10(15(17)18)9(3-7)11(16)13-4-8-5-19-6-14-8/h1-3,5-6H,4,12H2,(H,13,16). The van der Waals surface area contributed by atoms with Crippen LogP contribution in [0, 0.1) is 10.1 Å². The van der Waals surface area contributed by atoms with Crippen LogP contribution in [0.4, 0.5) is 11.4 Å². The van der Waals surface area contributed by atoms with Crippen LogP contribution in [-0.2, 0) is 6.54 Å². The fourth-order valence-electron chi connectivity index (χ4n) is 1.49. The van der Waals surface area contributed by atoms with Crippen molar-refractivity contribution in [3.8, 4) is 0 Å². The van der Waals surface area contributed by atoms with Gasteiger partial charge in [0.25, 0.3) is 11.6 Å². The number of nitrogens with zero attached hydrogens (tertiary/aromatic N) is 2. The SMILES string of the molecule is Nc1ccc([N+](=O)[O-])c(C(=O)NCc2cscn2)c1. The molecule has 7 nitrogen and oxygen atoms in total.